The molecule has 0 fully saturated rings. The first-order valence-corrected chi connectivity index (χ1v) is 6.63. The van der Waals surface area contributed by atoms with E-state index in [0.29, 0.717) is 22.8 Å². The highest BCUT2D eigenvalue weighted by atomic mass is 35.5. The smallest absolute Gasteiger partial charge is 0.387 e. The monoisotopic (exact) mass is 335 g/mol. The van der Waals surface area contributed by atoms with Crippen LogP contribution in [0.3, 0.4) is 0 Å². The normalized spacial score (nSPS) is 10.8. The van der Waals surface area contributed by atoms with E-state index in [9.17, 15) is 13.2 Å². The number of ether oxygens (including phenoxy) is 1. The van der Waals surface area contributed by atoms with Crippen molar-refractivity contribution in [3.63, 3.8) is 0 Å². The molecule has 2 aromatic carbocycles. The molecule has 2 aromatic rings. The molecular formula is C14H10Cl2F3NO. The van der Waals surface area contributed by atoms with Gasteiger partial charge < -0.3 is 10.1 Å². The molecule has 0 radical (unpaired) electrons. The Morgan fingerprint density at radius 3 is 2.48 bits per heavy atom. The first-order valence-electron chi connectivity index (χ1n) is 5.87. The average Bonchev–Trinajstić information content (AvgIpc) is 2.38. The Labute approximate surface area is 129 Å². The summed E-state index contributed by atoms with van der Waals surface area (Å²) in [4.78, 5) is 0. The largest absolute Gasteiger partial charge is 0.433 e. The van der Waals surface area contributed by atoms with Gasteiger partial charge in [0.25, 0.3) is 0 Å². The summed E-state index contributed by atoms with van der Waals surface area (Å²) in [5.74, 6) is -0.538. The van der Waals surface area contributed by atoms with E-state index in [1.165, 1.54) is 30.3 Å². The fourth-order valence-electron chi connectivity index (χ4n) is 1.72. The molecule has 0 aliphatic rings. The van der Waals surface area contributed by atoms with Gasteiger partial charge in [-0.15, -0.1) is 0 Å². The van der Waals surface area contributed by atoms with Gasteiger partial charge in [-0.25, -0.2) is 4.39 Å². The summed E-state index contributed by atoms with van der Waals surface area (Å²) in [5.41, 5.74) is 1.23. The molecule has 2 nitrogen and oxygen atoms in total. The van der Waals surface area contributed by atoms with Crippen LogP contribution in [0.5, 0.6) is 5.75 Å². The van der Waals surface area contributed by atoms with Crippen molar-refractivity contribution in [2.45, 2.75) is 13.2 Å². The molecule has 0 heterocycles. The molecule has 0 aromatic heterocycles. The van der Waals surface area contributed by atoms with Gasteiger partial charge in [0, 0.05) is 17.3 Å². The van der Waals surface area contributed by atoms with E-state index >= 15 is 0 Å². The Balaban J connectivity index is 2.05. The second-order valence-corrected chi connectivity index (χ2v) is 5.00. The third-order valence-corrected chi connectivity index (χ3v) is 3.08. The van der Waals surface area contributed by atoms with E-state index in [4.69, 9.17) is 23.2 Å². The van der Waals surface area contributed by atoms with Crippen LogP contribution in [-0.2, 0) is 6.54 Å². The van der Waals surface area contributed by atoms with Crippen LogP contribution in [0, 0.1) is 5.82 Å². The molecule has 0 saturated carbocycles. The third kappa shape index (κ3) is 4.72. The summed E-state index contributed by atoms with van der Waals surface area (Å²) >= 11 is 11.6. The second-order valence-electron chi connectivity index (χ2n) is 4.15. The summed E-state index contributed by atoms with van der Waals surface area (Å²) in [6.07, 6.45) is 0. The van der Waals surface area contributed by atoms with Gasteiger partial charge in [-0.3, -0.25) is 0 Å². The Bertz CT molecular complexity index is 617. The molecular weight excluding hydrogens is 326 g/mol. The Hall–Kier alpha value is -1.59. The molecule has 7 heteroatoms. The first-order chi connectivity index (χ1) is 9.94. The maximum absolute atomic E-state index is 13.2. The van der Waals surface area contributed by atoms with E-state index in [2.05, 4.69) is 10.1 Å². The third-order valence-electron chi connectivity index (χ3n) is 2.57. The molecule has 0 saturated heterocycles. The molecule has 1 N–H and O–H groups in total. The standard InChI is InChI=1S/C14H10Cl2F3NO/c15-9-3-8(4-10(17)5-9)7-20-11-1-2-13(12(16)6-11)21-14(18)19/h1-6,14,20H,7H2. The number of hydrogen-bond acceptors (Lipinski definition) is 2. The van der Waals surface area contributed by atoms with Crippen molar-refractivity contribution >= 4 is 28.9 Å². The van der Waals surface area contributed by atoms with Gasteiger partial charge in [0.2, 0.25) is 0 Å². The minimum Gasteiger partial charge on any atom is -0.433 e. The van der Waals surface area contributed by atoms with E-state index in [1.54, 1.807) is 6.07 Å². The van der Waals surface area contributed by atoms with Crippen molar-refractivity contribution in [3.8, 4) is 5.75 Å². The van der Waals surface area contributed by atoms with Gasteiger partial charge in [-0.2, -0.15) is 8.78 Å². The zero-order chi connectivity index (χ0) is 15.4. The molecule has 2 rings (SSSR count). The summed E-state index contributed by atoms with van der Waals surface area (Å²) < 4.78 is 41.6. The fourth-order valence-corrected chi connectivity index (χ4v) is 2.19. The van der Waals surface area contributed by atoms with E-state index in [1.807, 2.05) is 0 Å². The van der Waals surface area contributed by atoms with Gasteiger partial charge in [0.15, 0.2) is 0 Å². The SMILES string of the molecule is Fc1cc(Cl)cc(CNc2ccc(OC(F)F)c(Cl)c2)c1. The van der Waals surface area contributed by atoms with Crippen LogP contribution >= 0.6 is 23.2 Å². The zero-order valence-corrected chi connectivity index (χ0v) is 12.1. The van der Waals surface area contributed by atoms with Crippen molar-refractivity contribution in [1.82, 2.24) is 0 Å². The topological polar surface area (TPSA) is 21.3 Å². The van der Waals surface area contributed by atoms with Crippen molar-refractivity contribution in [2.24, 2.45) is 0 Å². The number of rotatable bonds is 5. The highest BCUT2D eigenvalue weighted by Crippen LogP contribution is 2.29. The van der Waals surface area contributed by atoms with Gasteiger partial charge in [0.05, 0.1) is 5.02 Å². The Kier molecular flexibility index (Phi) is 5.20. The van der Waals surface area contributed by atoms with Crippen molar-refractivity contribution in [2.75, 3.05) is 5.32 Å². The lowest BCUT2D eigenvalue weighted by molar-refractivity contribution is -0.0497. The Morgan fingerprint density at radius 1 is 1.10 bits per heavy atom. The van der Waals surface area contributed by atoms with Gasteiger partial charge in [0.1, 0.15) is 11.6 Å². The van der Waals surface area contributed by atoms with Gasteiger partial charge in [-0.05, 0) is 42.0 Å². The van der Waals surface area contributed by atoms with E-state index < -0.39 is 12.4 Å². The van der Waals surface area contributed by atoms with Gasteiger partial charge in [-0.1, -0.05) is 23.2 Å². The molecule has 112 valence electrons. The molecule has 0 bridgehead atoms. The van der Waals surface area contributed by atoms with Crippen LogP contribution in [0.25, 0.3) is 0 Å². The van der Waals surface area contributed by atoms with E-state index in [-0.39, 0.29) is 10.8 Å². The van der Waals surface area contributed by atoms with Crippen LogP contribution in [0.4, 0.5) is 18.9 Å². The molecule has 0 amide bonds. The van der Waals surface area contributed by atoms with Crippen LogP contribution in [0.2, 0.25) is 10.0 Å². The number of anilines is 1. The Morgan fingerprint density at radius 2 is 1.86 bits per heavy atom. The van der Waals surface area contributed by atoms with Crippen LogP contribution in [0.1, 0.15) is 5.56 Å². The molecule has 0 aliphatic heterocycles. The highest BCUT2D eigenvalue weighted by molar-refractivity contribution is 6.32. The molecule has 0 spiro atoms. The van der Waals surface area contributed by atoms with Crippen molar-refractivity contribution < 1.29 is 17.9 Å². The van der Waals surface area contributed by atoms with Crippen LogP contribution in [-0.4, -0.2) is 6.61 Å². The minimum absolute atomic E-state index is 0.0533. The molecule has 0 aliphatic carbocycles. The first kappa shape index (κ1) is 15.8. The highest BCUT2D eigenvalue weighted by Gasteiger charge is 2.09. The summed E-state index contributed by atoms with van der Waals surface area (Å²) in [7, 11) is 0. The van der Waals surface area contributed by atoms with E-state index in [0.717, 1.165) is 0 Å². The number of benzene rings is 2. The average molecular weight is 336 g/mol. The zero-order valence-electron chi connectivity index (χ0n) is 10.5. The lowest BCUT2D eigenvalue weighted by atomic mass is 10.2. The predicted octanol–water partition coefficient (Wildman–Crippen LogP) is 5.35. The maximum Gasteiger partial charge on any atom is 0.387 e. The minimum atomic E-state index is -2.93. The fraction of sp³-hybridized carbons (Fsp3) is 0.143. The van der Waals surface area contributed by atoms with Crippen LogP contribution < -0.4 is 10.1 Å². The summed E-state index contributed by atoms with van der Waals surface area (Å²) in [5, 5.41) is 3.33. The summed E-state index contributed by atoms with van der Waals surface area (Å²) in [6.45, 7) is -2.63. The lowest BCUT2D eigenvalue weighted by Crippen LogP contribution is -2.03. The van der Waals surface area contributed by atoms with Crippen LogP contribution in [0.15, 0.2) is 36.4 Å². The van der Waals surface area contributed by atoms with Crippen molar-refractivity contribution in [3.05, 3.63) is 57.8 Å². The molecule has 0 atom stereocenters. The lowest BCUT2D eigenvalue weighted by Gasteiger charge is -2.10. The number of halogens is 5. The second kappa shape index (κ2) is 6.91. The number of alkyl halides is 2. The maximum atomic E-state index is 13.2. The van der Waals surface area contributed by atoms with Crippen molar-refractivity contribution in [1.29, 1.82) is 0 Å². The predicted molar refractivity (Wildman–Crippen MR) is 76.8 cm³/mol. The quantitative estimate of drug-likeness (QED) is 0.795. The molecule has 21 heavy (non-hydrogen) atoms. The van der Waals surface area contributed by atoms with Gasteiger partial charge >= 0.3 is 6.61 Å². The molecule has 0 unspecified atom stereocenters. The summed E-state index contributed by atoms with van der Waals surface area (Å²) in [6, 6.07) is 8.47. The number of nitrogens with one attached hydrogen (secondary N) is 1. The number of hydrogen-bond donors (Lipinski definition) is 1.